The second-order valence-electron chi connectivity index (χ2n) is 11.1. The summed E-state index contributed by atoms with van der Waals surface area (Å²) in [6, 6.07) is 18.1. The summed E-state index contributed by atoms with van der Waals surface area (Å²) >= 11 is 0. The van der Waals surface area contributed by atoms with Crippen LogP contribution in [0.1, 0.15) is 70.1 Å². The van der Waals surface area contributed by atoms with Gasteiger partial charge in [0.05, 0.1) is 31.7 Å². The van der Waals surface area contributed by atoms with E-state index >= 15 is 0 Å². The quantitative estimate of drug-likeness (QED) is 0.220. The van der Waals surface area contributed by atoms with E-state index in [-0.39, 0.29) is 42.8 Å². The molecule has 0 aliphatic heterocycles. The van der Waals surface area contributed by atoms with E-state index in [9.17, 15) is 19.2 Å². The van der Waals surface area contributed by atoms with Crippen molar-refractivity contribution in [3.05, 3.63) is 87.7 Å². The van der Waals surface area contributed by atoms with Crippen molar-refractivity contribution in [3.8, 4) is 11.3 Å². The van der Waals surface area contributed by atoms with Crippen molar-refractivity contribution in [3.63, 3.8) is 0 Å². The highest BCUT2D eigenvalue weighted by Gasteiger charge is 2.15. The number of nitrogens with zero attached hydrogens (tertiary/aromatic N) is 2. The summed E-state index contributed by atoms with van der Waals surface area (Å²) in [6.45, 7) is 8.44. The molecule has 1 N–H and O–H groups in total. The topological polar surface area (TPSA) is 117 Å². The number of rotatable bonds is 14. The fourth-order valence-electron chi connectivity index (χ4n) is 4.39. The van der Waals surface area contributed by atoms with E-state index in [0.717, 1.165) is 41.5 Å². The summed E-state index contributed by atoms with van der Waals surface area (Å²) in [5.41, 5.74) is 3.19. The molecule has 0 atom stereocenters. The van der Waals surface area contributed by atoms with Crippen LogP contribution >= 0.6 is 0 Å². The first kappa shape index (κ1) is 32.2. The van der Waals surface area contributed by atoms with Crippen LogP contribution in [0.5, 0.6) is 0 Å². The Kier molecular flexibility index (Phi) is 12.0. The van der Waals surface area contributed by atoms with Gasteiger partial charge in [-0.3, -0.25) is 19.2 Å². The lowest BCUT2D eigenvalue weighted by Gasteiger charge is -2.19. The highest BCUT2D eigenvalue weighted by molar-refractivity contribution is 5.79. The molecular weight excluding hydrogens is 534 g/mol. The molecule has 9 nitrogen and oxygen atoms in total. The number of hydrogen-bond acceptors (Lipinski definition) is 7. The van der Waals surface area contributed by atoms with Crippen LogP contribution in [-0.2, 0) is 43.2 Å². The Bertz CT molecular complexity index is 1420. The maximum absolute atomic E-state index is 12.6. The Labute approximate surface area is 247 Å². The van der Waals surface area contributed by atoms with Gasteiger partial charge in [0.1, 0.15) is 5.60 Å². The molecule has 0 spiro atoms. The number of aromatic nitrogens is 2. The van der Waals surface area contributed by atoms with E-state index < -0.39 is 5.60 Å². The normalized spacial score (nSPS) is 11.1. The maximum atomic E-state index is 12.6. The fraction of sp³-hybridized carbons (Fsp3) is 0.424. The number of carbonyl (C=O) groups excluding carboxylic acids is 3. The highest BCUT2D eigenvalue weighted by atomic mass is 16.6. The van der Waals surface area contributed by atoms with Crippen molar-refractivity contribution in [1.82, 2.24) is 15.1 Å². The molecule has 1 amide bonds. The Hall–Kier alpha value is -4.27. The largest absolute Gasteiger partial charge is 0.466 e. The Morgan fingerprint density at radius 1 is 0.857 bits per heavy atom. The van der Waals surface area contributed by atoms with Gasteiger partial charge < -0.3 is 14.8 Å². The molecule has 1 aromatic heterocycles. The van der Waals surface area contributed by atoms with Gasteiger partial charge in [-0.2, -0.15) is 5.10 Å². The van der Waals surface area contributed by atoms with Crippen LogP contribution in [0.25, 0.3) is 11.3 Å². The molecule has 0 fully saturated rings. The highest BCUT2D eigenvalue weighted by Crippen LogP contribution is 2.18. The van der Waals surface area contributed by atoms with Gasteiger partial charge in [0, 0.05) is 24.6 Å². The average Bonchev–Trinajstić information content (AvgIpc) is 2.91. The third-order valence-corrected chi connectivity index (χ3v) is 6.23. The molecule has 0 radical (unpaired) electrons. The van der Waals surface area contributed by atoms with E-state index in [2.05, 4.69) is 10.4 Å². The zero-order chi connectivity index (χ0) is 30.5. The third-order valence-electron chi connectivity index (χ3n) is 6.23. The second kappa shape index (κ2) is 15.7. The SMILES string of the molecule is CCOC(=O)Cc1cccc(Cn2nc(-c3cccc(CC(=O)NCCCCCC(=O)OC(C)(C)C)c3)ccc2=O)c1. The van der Waals surface area contributed by atoms with Crippen molar-refractivity contribution in [2.75, 3.05) is 13.2 Å². The van der Waals surface area contributed by atoms with Gasteiger partial charge in [-0.1, -0.05) is 48.9 Å². The number of esters is 2. The van der Waals surface area contributed by atoms with Gasteiger partial charge in [0.25, 0.3) is 5.56 Å². The van der Waals surface area contributed by atoms with Crippen LogP contribution < -0.4 is 10.9 Å². The van der Waals surface area contributed by atoms with E-state index in [4.69, 9.17) is 9.47 Å². The molecule has 0 aliphatic rings. The molecule has 3 rings (SSSR count). The first-order chi connectivity index (χ1) is 20.0. The van der Waals surface area contributed by atoms with Crippen LogP contribution in [0.4, 0.5) is 0 Å². The third kappa shape index (κ3) is 11.3. The van der Waals surface area contributed by atoms with Crippen LogP contribution in [0.2, 0.25) is 0 Å². The molecule has 9 heteroatoms. The van der Waals surface area contributed by atoms with E-state index in [0.29, 0.717) is 25.3 Å². The first-order valence-corrected chi connectivity index (χ1v) is 14.4. The first-order valence-electron chi connectivity index (χ1n) is 14.4. The summed E-state index contributed by atoms with van der Waals surface area (Å²) in [5, 5.41) is 7.51. The van der Waals surface area contributed by atoms with Gasteiger partial charge in [-0.15, -0.1) is 0 Å². The molecule has 0 saturated carbocycles. The number of unbranched alkanes of at least 4 members (excludes halogenated alkanes) is 2. The van der Waals surface area contributed by atoms with Gasteiger partial charge in [0.2, 0.25) is 5.91 Å². The molecule has 1 heterocycles. The lowest BCUT2D eigenvalue weighted by atomic mass is 10.1. The summed E-state index contributed by atoms with van der Waals surface area (Å²) in [6.07, 6.45) is 3.09. The molecule has 2 aromatic carbocycles. The monoisotopic (exact) mass is 575 g/mol. The Morgan fingerprint density at radius 3 is 2.31 bits per heavy atom. The van der Waals surface area contributed by atoms with E-state index in [1.165, 1.54) is 10.7 Å². The number of benzene rings is 2. The second-order valence-corrected chi connectivity index (χ2v) is 11.1. The predicted molar refractivity (Wildman–Crippen MR) is 161 cm³/mol. The zero-order valence-corrected chi connectivity index (χ0v) is 25.0. The number of hydrogen-bond donors (Lipinski definition) is 1. The molecule has 0 bridgehead atoms. The van der Waals surface area contributed by atoms with Crippen LogP contribution in [0.3, 0.4) is 0 Å². The number of carbonyl (C=O) groups is 3. The van der Waals surface area contributed by atoms with E-state index in [1.54, 1.807) is 13.0 Å². The summed E-state index contributed by atoms with van der Waals surface area (Å²) in [4.78, 5) is 48.7. The summed E-state index contributed by atoms with van der Waals surface area (Å²) < 4.78 is 11.7. The minimum atomic E-state index is -0.473. The lowest BCUT2D eigenvalue weighted by molar-refractivity contribution is -0.155. The zero-order valence-electron chi connectivity index (χ0n) is 25.0. The molecule has 42 heavy (non-hydrogen) atoms. The molecule has 0 saturated heterocycles. The van der Waals surface area contributed by atoms with Gasteiger partial charge in [-0.25, -0.2) is 4.68 Å². The molecule has 224 valence electrons. The smallest absolute Gasteiger partial charge is 0.310 e. The lowest BCUT2D eigenvalue weighted by Crippen LogP contribution is -2.26. The minimum Gasteiger partial charge on any atom is -0.466 e. The van der Waals surface area contributed by atoms with Crippen LogP contribution in [0, 0.1) is 0 Å². The number of amides is 1. The molecule has 0 aliphatic carbocycles. The van der Waals surface area contributed by atoms with Gasteiger partial charge >= 0.3 is 11.9 Å². The van der Waals surface area contributed by atoms with Crippen LogP contribution in [0.15, 0.2) is 65.5 Å². The number of ether oxygens (including phenoxy) is 2. The van der Waals surface area contributed by atoms with Crippen molar-refractivity contribution in [2.24, 2.45) is 0 Å². The minimum absolute atomic E-state index is 0.0834. The van der Waals surface area contributed by atoms with Crippen molar-refractivity contribution < 1.29 is 23.9 Å². The van der Waals surface area contributed by atoms with Gasteiger partial charge in [-0.05, 0) is 69.4 Å². The van der Waals surface area contributed by atoms with Crippen LogP contribution in [-0.4, -0.2) is 46.4 Å². The fourth-order valence-corrected chi connectivity index (χ4v) is 4.39. The average molecular weight is 576 g/mol. The van der Waals surface area contributed by atoms with Gasteiger partial charge in [0.15, 0.2) is 0 Å². The van der Waals surface area contributed by atoms with E-state index in [1.807, 2.05) is 69.3 Å². The maximum Gasteiger partial charge on any atom is 0.310 e. The summed E-state index contributed by atoms with van der Waals surface area (Å²) in [7, 11) is 0. The molecule has 0 unspecified atom stereocenters. The summed E-state index contributed by atoms with van der Waals surface area (Å²) in [5.74, 6) is -0.577. The predicted octanol–water partition coefficient (Wildman–Crippen LogP) is 4.63. The standard InChI is InChI=1S/C33H41N3O6/c1-5-41-32(40)22-24-11-9-13-26(19-24)23-36-30(38)17-16-28(35-36)27-14-10-12-25(20-27)21-29(37)34-18-8-6-7-15-31(39)42-33(2,3)4/h9-14,16-17,19-20H,5-8,15,18,21-23H2,1-4H3,(H,34,37). The Balaban J connectivity index is 1.54. The van der Waals surface area contributed by atoms with Crippen molar-refractivity contribution >= 4 is 17.8 Å². The molecule has 3 aromatic rings. The molecular formula is C33H41N3O6. The number of nitrogens with one attached hydrogen (secondary N) is 1. The Morgan fingerprint density at radius 2 is 1.57 bits per heavy atom. The van der Waals surface area contributed by atoms with Crippen molar-refractivity contribution in [2.45, 2.75) is 78.4 Å². The van der Waals surface area contributed by atoms with Crippen molar-refractivity contribution in [1.29, 1.82) is 0 Å².